The first-order chi connectivity index (χ1) is 12.1. The van der Waals surface area contributed by atoms with Crippen molar-refractivity contribution in [2.75, 3.05) is 23.6 Å². The smallest absolute Gasteiger partial charge is 0.353 e. The van der Waals surface area contributed by atoms with Gasteiger partial charge < -0.3 is 10.2 Å². The number of hydrogen-bond donors (Lipinski definition) is 2. The Morgan fingerprint density at radius 3 is 2.46 bits per heavy atom. The molecule has 1 fully saturated rings. The van der Waals surface area contributed by atoms with Crippen molar-refractivity contribution >= 4 is 27.5 Å². The van der Waals surface area contributed by atoms with Gasteiger partial charge >= 0.3 is 12.1 Å². The number of amides is 2. The summed E-state index contributed by atoms with van der Waals surface area (Å²) < 4.78 is 63.8. The summed E-state index contributed by atoms with van der Waals surface area (Å²) >= 11 is 0. The maximum atomic E-state index is 12.5. The molecule has 0 saturated carbocycles. The zero-order valence-corrected chi connectivity index (χ0v) is 14.4. The van der Waals surface area contributed by atoms with Gasteiger partial charge in [0.1, 0.15) is 6.04 Å². The third-order valence-electron chi connectivity index (χ3n) is 3.78. The minimum Gasteiger partial charge on any atom is -0.353 e. The lowest BCUT2D eigenvalue weighted by atomic mass is 10.2. The Balaban J connectivity index is 1.87. The predicted molar refractivity (Wildman–Crippen MR) is 87.7 cm³/mol. The van der Waals surface area contributed by atoms with Crippen LogP contribution in [0, 0.1) is 0 Å². The zero-order chi connectivity index (χ0) is 19.4. The summed E-state index contributed by atoms with van der Waals surface area (Å²) in [6.45, 7) is -0.449. The van der Waals surface area contributed by atoms with Gasteiger partial charge in [-0.2, -0.15) is 13.2 Å². The Kier molecular flexibility index (Phi) is 6.11. The van der Waals surface area contributed by atoms with Gasteiger partial charge in [0.15, 0.2) is 0 Å². The van der Waals surface area contributed by atoms with Crippen LogP contribution in [0.1, 0.15) is 12.8 Å². The number of likely N-dealkylation sites (tertiary alicyclic amines) is 1. The van der Waals surface area contributed by atoms with E-state index in [1.54, 1.807) is 30.3 Å². The number of halogens is 3. The predicted octanol–water partition coefficient (Wildman–Crippen LogP) is 1.10. The molecule has 1 unspecified atom stereocenters. The van der Waals surface area contributed by atoms with Crippen molar-refractivity contribution < 1.29 is 31.2 Å². The van der Waals surface area contributed by atoms with Gasteiger partial charge in [-0.15, -0.1) is 0 Å². The van der Waals surface area contributed by atoms with Crippen LogP contribution in [0.5, 0.6) is 0 Å². The number of nitrogens with zero attached hydrogens (tertiary/aromatic N) is 1. The van der Waals surface area contributed by atoms with E-state index in [4.69, 9.17) is 0 Å². The molecule has 0 radical (unpaired) electrons. The van der Waals surface area contributed by atoms with E-state index >= 15 is 0 Å². The number of carbonyl (C=O) groups excluding carboxylic acids is 2. The molecule has 1 aliphatic heterocycles. The Morgan fingerprint density at radius 1 is 1.19 bits per heavy atom. The summed E-state index contributed by atoms with van der Waals surface area (Å²) in [7, 11) is -3.73. The summed E-state index contributed by atoms with van der Waals surface area (Å²) in [4.78, 5) is 23.9. The molecule has 0 aliphatic carbocycles. The molecule has 2 rings (SSSR count). The molecule has 1 heterocycles. The molecule has 1 saturated heterocycles. The number of alkyl halides is 3. The molecule has 0 aromatic heterocycles. The molecular formula is C15H18F3N3O4S. The highest BCUT2D eigenvalue weighted by atomic mass is 32.2. The minimum absolute atomic E-state index is 0.0999. The average Bonchev–Trinajstić information content (AvgIpc) is 3.02. The number of sulfonamides is 1. The number of rotatable bonds is 6. The second-order valence-electron chi connectivity index (χ2n) is 5.73. The lowest BCUT2D eigenvalue weighted by Gasteiger charge is -2.24. The molecule has 1 aliphatic rings. The van der Waals surface area contributed by atoms with Crippen LogP contribution in [-0.4, -0.2) is 56.2 Å². The van der Waals surface area contributed by atoms with Crippen LogP contribution < -0.4 is 10.0 Å². The highest BCUT2D eigenvalue weighted by Gasteiger charge is 2.47. The summed E-state index contributed by atoms with van der Waals surface area (Å²) in [5.74, 6) is -3.31. The van der Waals surface area contributed by atoms with Gasteiger partial charge in [-0.3, -0.25) is 14.3 Å². The molecule has 0 bridgehead atoms. The SMILES string of the molecule is O=C(NCCS(=O)(=O)Nc1ccccc1)C1CCCN1C(=O)C(F)(F)F. The van der Waals surface area contributed by atoms with Gasteiger partial charge in [-0.05, 0) is 25.0 Å². The summed E-state index contributed by atoms with van der Waals surface area (Å²) in [5.41, 5.74) is 0.358. The molecular weight excluding hydrogens is 375 g/mol. The zero-order valence-electron chi connectivity index (χ0n) is 13.6. The maximum absolute atomic E-state index is 12.5. The number of benzene rings is 1. The van der Waals surface area contributed by atoms with E-state index in [1.165, 1.54) is 0 Å². The van der Waals surface area contributed by atoms with Crippen LogP contribution in [0.15, 0.2) is 30.3 Å². The normalized spacial score (nSPS) is 17.8. The van der Waals surface area contributed by atoms with E-state index in [1.807, 2.05) is 0 Å². The second-order valence-corrected chi connectivity index (χ2v) is 7.57. The van der Waals surface area contributed by atoms with Crippen molar-refractivity contribution in [2.24, 2.45) is 0 Å². The standard InChI is InChI=1S/C15H18F3N3O4S/c16-15(17,18)14(23)21-9-4-7-12(21)13(22)19-8-10-26(24,25)20-11-5-2-1-3-6-11/h1-3,5-6,12,20H,4,7-10H2,(H,19,22). The van der Waals surface area contributed by atoms with Gasteiger partial charge in [-0.25, -0.2) is 8.42 Å². The highest BCUT2D eigenvalue weighted by Crippen LogP contribution is 2.25. The molecule has 1 aromatic carbocycles. The third-order valence-corrected chi connectivity index (χ3v) is 5.06. The number of hydrogen-bond acceptors (Lipinski definition) is 4. The molecule has 2 N–H and O–H groups in total. The van der Waals surface area contributed by atoms with Crippen molar-refractivity contribution in [1.29, 1.82) is 0 Å². The van der Waals surface area contributed by atoms with Gasteiger partial charge in [0.2, 0.25) is 15.9 Å². The minimum atomic E-state index is -5.05. The Morgan fingerprint density at radius 2 is 1.85 bits per heavy atom. The van der Waals surface area contributed by atoms with E-state index in [0.717, 1.165) is 0 Å². The Labute approximate surface area is 148 Å². The molecule has 2 amide bonds. The Bertz CT molecular complexity index is 753. The lowest BCUT2D eigenvalue weighted by Crippen LogP contribution is -2.50. The Hall–Kier alpha value is -2.30. The first-order valence-corrected chi connectivity index (χ1v) is 9.46. The first kappa shape index (κ1) is 20.0. The average molecular weight is 393 g/mol. The number of carbonyl (C=O) groups is 2. The lowest BCUT2D eigenvalue weighted by molar-refractivity contribution is -0.186. The third kappa shape index (κ3) is 5.35. The van der Waals surface area contributed by atoms with E-state index in [-0.39, 0.29) is 25.9 Å². The summed E-state index contributed by atoms with van der Waals surface area (Å²) in [5, 5.41) is 2.28. The molecule has 144 valence electrons. The number of anilines is 1. The van der Waals surface area contributed by atoms with Gasteiger partial charge in [0.25, 0.3) is 0 Å². The molecule has 11 heteroatoms. The van der Waals surface area contributed by atoms with Crippen molar-refractivity contribution in [3.05, 3.63) is 30.3 Å². The van der Waals surface area contributed by atoms with Gasteiger partial charge in [0, 0.05) is 18.8 Å². The second kappa shape index (κ2) is 7.94. The fraction of sp³-hybridized carbons (Fsp3) is 0.467. The fourth-order valence-corrected chi connectivity index (χ4v) is 3.58. The van der Waals surface area contributed by atoms with E-state index < -0.39 is 39.8 Å². The maximum Gasteiger partial charge on any atom is 0.471 e. The van der Waals surface area contributed by atoms with Crippen LogP contribution in [0.25, 0.3) is 0 Å². The van der Waals surface area contributed by atoms with Crippen molar-refractivity contribution in [2.45, 2.75) is 25.1 Å². The topological polar surface area (TPSA) is 95.6 Å². The molecule has 1 atom stereocenters. The molecule has 0 spiro atoms. The van der Waals surface area contributed by atoms with Crippen molar-refractivity contribution in [1.82, 2.24) is 10.2 Å². The van der Waals surface area contributed by atoms with Crippen LogP contribution in [0.3, 0.4) is 0 Å². The van der Waals surface area contributed by atoms with Crippen LogP contribution >= 0.6 is 0 Å². The van der Waals surface area contributed by atoms with E-state index in [9.17, 15) is 31.2 Å². The van der Waals surface area contributed by atoms with Crippen LogP contribution in [0.2, 0.25) is 0 Å². The van der Waals surface area contributed by atoms with E-state index in [2.05, 4.69) is 10.0 Å². The van der Waals surface area contributed by atoms with Gasteiger partial charge in [-0.1, -0.05) is 18.2 Å². The number of para-hydroxylation sites is 1. The monoisotopic (exact) mass is 393 g/mol. The highest BCUT2D eigenvalue weighted by molar-refractivity contribution is 7.92. The van der Waals surface area contributed by atoms with E-state index in [0.29, 0.717) is 10.6 Å². The molecule has 7 nitrogen and oxygen atoms in total. The fourth-order valence-electron chi connectivity index (χ4n) is 2.61. The first-order valence-electron chi connectivity index (χ1n) is 7.81. The largest absolute Gasteiger partial charge is 0.471 e. The summed E-state index contributed by atoms with van der Waals surface area (Å²) in [6.07, 6.45) is -4.68. The van der Waals surface area contributed by atoms with Gasteiger partial charge in [0.05, 0.1) is 5.75 Å². The quantitative estimate of drug-likeness (QED) is 0.757. The van der Waals surface area contributed by atoms with Crippen LogP contribution in [-0.2, 0) is 19.6 Å². The van der Waals surface area contributed by atoms with Crippen molar-refractivity contribution in [3.63, 3.8) is 0 Å². The molecule has 26 heavy (non-hydrogen) atoms. The van der Waals surface area contributed by atoms with Crippen LogP contribution in [0.4, 0.5) is 18.9 Å². The number of nitrogens with one attached hydrogen (secondary N) is 2. The molecule has 1 aromatic rings. The van der Waals surface area contributed by atoms with Crippen molar-refractivity contribution in [3.8, 4) is 0 Å². The summed E-state index contributed by atoms with van der Waals surface area (Å²) in [6, 6.07) is 6.87.